The predicted octanol–water partition coefficient (Wildman–Crippen LogP) is 5.73. The van der Waals surface area contributed by atoms with Crippen LogP contribution in [-0.2, 0) is 20.1 Å². The molecule has 0 saturated carbocycles. The highest BCUT2D eigenvalue weighted by Gasteiger charge is 2.27. The third kappa shape index (κ3) is 6.74. The maximum atomic E-state index is 13.3. The highest BCUT2D eigenvalue weighted by atomic mass is 32.2. The maximum Gasteiger partial charge on any atom is 0.295 e. The highest BCUT2D eigenvalue weighted by molar-refractivity contribution is 7.92. The van der Waals surface area contributed by atoms with Gasteiger partial charge in [0.15, 0.2) is 0 Å². The zero-order chi connectivity index (χ0) is 31.6. The summed E-state index contributed by atoms with van der Waals surface area (Å²) in [5, 5.41) is 1.56. The van der Waals surface area contributed by atoms with Gasteiger partial charge in [-0.1, -0.05) is 24.3 Å². The van der Waals surface area contributed by atoms with E-state index in [9.17, 15) is 21.4 Å². The van der Waals surface area contributed by atoms with Crippen LogP contribution in [0.15, 0.2) is 99.1 Å². The highest BCUT2D eigenvalue weighted by Crippen LogP contribution is 2.43. The largest absolute Gasteiger partial charge is 0.870 e. The molecule has 0 unspecified atom stereocenters. The van der Waals surface area contributed by atoms with Crippen molar-refractivity contribution >= 4 is 42.5 Å². The summed E-state index contributed by atoms with van der Waals surface area (Å²) in [6.07, 6.45) is 0. The van der Waals surface area contributed by atoms with Crippen LogP contribution in [0.4, 0.5) is 11.4 Å². The average Bonchev–Trinajstić information content (AvgIpc) is 3.00. The third-order valence-corrected chi connectivity index (χ3v) is 10.1. The van der Waals surface area contributed by atoms with Crippen molar-refractivity contribution in [2.75, 3.05) is 35.8 Å². The number of hydrogen-bond acceptors (Lipinski definition) is 7. The molecule has 0 atom stereocenters. The molecule has 45 heavy (non-hydrogen) atoms. The third-order valence-electron chi connectivity index (χ3n) is 7.78. The number of nitrogens with zero attached hydrogens (tertiary/aromatic N) is 2. The normalized spacial score (nSPS) is 11.8. The first-order chi connectivity index (χ1) is 21.0. The Hall–Kier alpha value is -4.23. The Morgan fingerprint density at radius 2 is 1.47 bits per heavy atom. The van der Waals surface area contributed by atoms with Gasteiger partial charge in [-0.2, -0.15) is 8.42 Å². The van der Waals surface area contributed by atoms with Crippen molar-refractivity contribution in [2.24, 2.45) is 0 Å². The molecule has 238 valence electrons. The molecule has 3 N–H and O–H groups in total. The van der Waals surface area contributed by atoms with Crippen LogP contribution in [0, 0.1) is 0 Å². The smallest absolute Gasteiger partial charge is 0.295 e. The number of hydrogen-bond donors (Lipinski definition) is 2. The first-order valence-electron chi connectivity index (χ1n) is 14.5. The van der Waals surface area contributed by atoms with Crippen molar-refractivity contribution < 1.29 is 31.3 Å². The summed E-state index contributed by atoms with van der Waals surface area (Å²) in [4.78, 5) is 1.34. The maximum absolute atomic E-state index is 13.3. The summed E-state index contributed by atoms with van der Waals surface area (Å²) in [5.74, 6) is 0.525. The number of nitrogens with one attached hydrogen (secondary N) is 1. The van der Waals surface area contributed by atoms with E-state index in [1.807, 2.05) is 36.4 Å². The molecule has 3 aromatic carbocycles. The van der Waals surface area contributed by atoms with Crippen molar-refractivity contribution in [3.8, 4) is 22.5 Å². The summed E-state index contributed by atoms with van der Waals surface area (Å²) in [6, 6.07) is 23.5. The van der Waals surface area contributed by atoms with Crippen LogP contribution in [0.25, 0.3) is 33.4 Å². The average molecular weight is 652 g/mol. The Balaban J connectivity index is 0.00000461. The van der Waals surface area contributed by atoms with Crippen LogP contribution < -0.4 is 19.6 Å². The molecule has 1 heterocycles. The fourth-order valence-electron chi connectivity index (χ4n) is 5.54. The number of para-hydroxylation sites is 1. The van der Waals surface area contributed by atoms with E-state index < -0.39 is 25.0 Å². The number of rotatable bonds is 10. The number of benzene rings is 4. The summed E-state index contributed by atoms with van der Waals surface area (Å²) < 4.78 is 73.8. The van der Waals surface area contributed by atoms with E-state index in [2.05, 4.69) is 41.9 Å². The molecule has 3 aromatic rings. The lowest BCUT2D eigenvalue weighted by molar-refractivity contribution is 0.483. The van der Waals surface area contributed by atoms with Gasteiger partial charge in [0.05, 0.1) is 11.0 Å². The molecule has 12 heteroatoms. The van der Waals surface area contributed by atoms with Gasteiger partial charge in [0.25, 0.3) is 20.1 Å². The SMILES string of the molecule is CCN(CC)c1ccc2c(-c3ccc(S(=O)(=O)Nc4ccccc4)cc3S(=O)(=O)O)c3ccc(=[N+](CC)CC)cc-3oc2c1.[OH-]. The second kappa shape index (κ2) is 13.4. The summed E-state index contributed by atoms with van der Waals surface area (Å²) in [6.45, 7) is 11.4. The fourth-order valence-corrected chi connectivity index (χ4v) is 7.42. The number of anilines is 2. The van der Waals surface area contributed by atoms with Crippen molar-refractivity contribution in [3.63, 3.8) is 0 Å². The molecule has 0 amide bonds. The van der Waals surface area contributed by atoms with E-state index in [4.69, 9.17) is 4.42 Å². The van der Waals surface area contributed by atoms with Gasteiger partial charge in [-0.25, -0.2) is 13.0 Å². The Kier molecular flexibility index (Phi) is 10.0. The molecule has 1 aliphatic carbocycles. The molecule has 1 aliphatic heterocycles. The molecular formula is C33H37N3O7S2. The fraction of sp³-hybridized carbons (Fsp3) is 0.242. The van der Waals surface area contributed by atoms with Gasteiger partial charge < -0.3 is 14.8 Å². The molecule has 0 saturated heterocycles. The summed E-state index contributed by atoms with van der Waals surface area (Å²) >= 11 is 0. The lowest BCUT2D eigenvalue weighted by Crippen LogP contribution is -2.29. The van der Waals surface area contributed by atoms with Crippen molar-refractivity contribution in [1.82, 2.24) is 4.58 Å². The molecule has 0 bridgehead atoms. The first-order valence-corrected chi connectivity index (χ1v) is 17.5. The van der Waals surface area contributed by atoms with Crippen LogP contribution in [0.5, 0.6) is 0 Å². The first kappa shape index (κ1) is 33.7. The minimum atomic E-state index is -4.87. The second-order valence-corrected chi connectivity index (χ2v) is 13.4. The van der Waals surface area contributed by atoms with Crippen molar-refractivity contribution in [1.29, 1.82) is 0 Å². The minimum Gasteiger partial charge on any atom is -0.870 e. The Bertz CT molecular complexity index is 2080. The lowest BCUT2D eigenvalue weighted by Gasteiger charge is -2.22. The van der Waals surface area contributed by atoms with Crippen LogP contribution in [0.2, 0.25) is 0 Å². The van der Waals surface area contributed by atoms with Gasteiger partial charge in [-0.3, -0.25) is 9.27 Å². The van der Waals surface area contributed by atoms with Gasteiger partial charge in [0, 0.05) is 58.7 Å². The molecule has 5 rings (SSSR count). The van der Waals surface area contributed by atoms with Crippen molar-refractivity contribution in [2.45, 2.75) is 37.5 Å². The van der Waals surface area contributed by atoms with Crippen LogP contribution in [-0.4, -0.2) is 53.0 Å². The standard InChI is InChI=1S/C33H35N3O6S2.H2O/c1-5-35(6-2)24-14-17-27-30(20-24)42-31-21-25(36(7-3)8-4)15-18-28(31)33(27)29-19-16-26(22-32(29)44(39,40)41)43(37,38)34-23-12-10-9-11-13-23;/h9-22,34H,5-8H2,1-4H3;1H2. The topological polar surface area (TPSA) is 150 Å². The van der Waals surface area contributed by atoms with E-state index in [0.29, 0.717) is 33.5 Å². The zero-order valence-corrected chi connectivity index (χ0v) is 27.2. The van der Waals surface area contributed by atoms with E-state index >= 15 is 0 Å². The zero-order valence-electron chi connectivity index (χ0n) is 25.6. The minimum absolute atomic E-state index is 0. The summed E-state index contributed by atoms with van der Waals surface area (Å²) in [5.41, 5.74) is 3.07. The van der Waals surface area contributed by atoms with Gasteiger partial charge in [0.2, 0.25) is 5.36 Å². The van der Waals surface area contributed by atoms with Crippen LogP contribution in [0.3, 0.4) is 0 Å². The molecule has 0 fully saturated rings. The molecular weight excluding hydrogens is 615 g/mol. The molecule has 0 radical (unpaired) electrons. The van der Waals surface area contributed by atoms with Crippen LogP contribution >= 0.6 is 0 Å². The molecule has 2 aliphatic rings. The van der Waals surface area contributed by atoms with Gasteiger partial charge in [-0.05, 0) is 70.2 Å². The van der Waals surface area contributed by atoms with E-state index in [0.717, 1.165) is 43.3 Å². The van der Waals surface area contributed by atoms with Gasteiger partial charge in [-0.15, -0.1) is 0 Å². The molecule has 0 spiro atoms. The van der Waals surface area contributed by atoms with Crippen LogP contribution in [0.1, 0.15) is 27.7 Å². The Morgan fingerprint density at radius 1 is 0.800 bits per heavy atom. The molecule has 0 aromatic heterocycles. The molecule has 10 nitrogen and oxygen atoms in total. The second-order valence-electron chi connectivity index (χ2n) is 10.3. The quantitative estimate of drug-likeness (QED) is 0.110. The van der Waals surface area contributed by atoms with Gasteiger partial charge in [0.1, 0.15) is 29.3 Å². The Labute approximate surface area is 263 Å². The monoisotopic (exact) mass is 651 g/mol. The number of fused-ring (bicyclic) bond motifs is 2. The van der Waals surface area contributed by atoms with Crippen molar-refractivity contribution in [3.05, 3.63) is 90.3 Å². The van der Waals surface area contributed by atoms with Gasteiger partial charge >= 0.3 is 0 Å². The number of sulfonamides is 1. The van der Waals surface area contributed by atoms with E-state index in [1.54, 1.807) is 30.3 Å². The lowest BCUT2D eigenvalue weighted by atomic mass is 9.93. The summed E-state index contributed by atoms with van der Waals surface area (Å²) in [7, 11) is -9.05. The Morgan fingerprint density at radius 3 is 2.09 bits per heavy atom. The van der Waals surface area contributed by atoms with E-state index in [1.165, 1.54) is 12.1 Å². The van der Waals surface area contributed by atoms with E-state index in [-0.39, 0.29) is 15.9 Å². The predicted molar refractivity (Wildman–Crippen MR) is 177 cm³/mol.